The Morgan fingerprint density at radius 2 is 2.32 bits per heavy atom. The number of hydrogen-bond donors (Lipinski definition) is 1. The van der Waals surface area contributed by atoms with Gasteiger partial charge in [-0.15, -0.1) is 0 Å². The van der Waals surface area contributed by atoms with E-state index in [0.717, 1.165) is 12.3 Å². The number of carboxylic acid groups (broad SMARTS) is 1. The predicted molar refractivity (Wildman–Crippen MR) is 67.4 cm³/mol. The van der Waals surface area contributed by atoms with Crippen molar-refractivity contribution in [3.63, 3.8) is 0 Å². The van der Waals surface area contributed by atoms with Gasteiger partial charge in [-0.3, -0.25) is 14.5 Å². The van der Waals surface area contributed by atoms with Crippen molar-refractivity contribution >= 4 is 11.9 Å². The Morgan fingerprint density at radius 1 is 1.53 bits per heavy atom. The molecule has 6 nitrogen and oxygen atoms in total. The van der Waals surface area contributed by atoms with Crippen molar-refractivity contribution in [1.82, 2.24) is 9.80 Å². The lowest BCUT2D eigenvalue weighted by Gasteiger charge is -2.38. The van der Waals surface area contributed by atoms with Crippen molar-refractivity contribution in [3.8, 4) is 0 Å². The molecule has 0 aromatic carbocycles. The highest BCUT2D eigenvalue weighted by molar-refractivity contribution is 5.83. The van der Waals surface area contributed by atoms with Crippen LogP contribution in [0.4, 0.5) is 0 Å². The van der Waals surface area contributed by atoms with Gasteiger partial charge in [-0.2, -0.15) is 0 Å². The average molecular weight is 266 g/mol. The zero-order valence-corrected chi connectivity index (χ0v) is 10.9. The summed E-state index contributed by atoms with van der Waals surface area (Å²) < 4.78 is 5.29. The van der Waals surface area contributed by atoms with Crippen LogP contribution in [0, 0.1) is 0 Å². The lowest BCUT2D eigenvalue weighted by molar-refractivity contribution is -0.142. The third-order valence-electron chi connectivity index (χ3n) is 3.40. The van der Waals surface area contributed by atoms with Crippen LogP contribution >= 0.6 is 0 Å². The Bertz CT molecular complexity index is 444. The number of aliphatic carboxylic acids is 1. The zero-order valence-electron chi connectivity index (χ0n) is 10.9. The molecule has 104 valence electrons. The minimum Gasteiger partial charge on any atom is -0.481 e. The fraction of sp³-hybridized carbons (Fsp3) is 0.538. The maximum atomic E-state index is 12.1. The number of carbonyl (C=O) groups excluding carboxylic acids is 1. The third kappa shape index (κ3) is 3.35. The van der Waals surface area contributed by atoms with E-state index in [0.29, 0.717) is 19.5 Å². The van der Waals surface area contributed by atoms with Crippen LogP contribution in [0.5, 0.6) is 0 Å². The predicted octanol–water partition coefficient (Wildman–Crippen LogP) is 0.787. The molecule has 6 heteroatoms. The van der Waals surface area contributed by atoms with Gasteiger partial charge in [-0.1, -0.05) is 0 Å². The van der Waals surface area contributed by atoms with E-state index < -0.39 is 5.97 Å². The largest absolute Gasteiger partial charge is 0.481 e. The van der Waals surface area contributed by atoms with Gasteiger partial charge in [0, 0.05) is 26.6 Å². The molecule has 0 bridgehead atoms. The first-order valence-electron chi connectivity index (χ1n) is 6.31. The number of carbonyl (C=O) groups is 2. The van der Waals surface area contributed by atoms with Crippen molar-refractivity contribution in [2.75, 3.05) is 20.1 Å². The fourth-order valence-corrected chi connectivity index (χ4v) is 2.31. The van der Waals surface area contributed by atoms with Crippen molar-refractivity contribution < 1.29 is 19.1 Å². The summed E-state index contributed by atoms with van der Waals surface area (Å²) in [5.41, 5.74) is 0. The summed E-state index contributed by atoms with van der Waals surface area (Å²) >= 11 is 0. The summed E-state index contributed by atoms with van der Waals surface area (Å²) in [5, 5.41) is 8.78. The number of hydrogen-bond acceptors (Lipinski definition) is 4. The first kappa shape index (κ1) is 13.6. The molecule has 0 radical (unpaired) electrons. The smallest absolute Gasteiger partial charge is 0.303 e. The SMILES string of the molecule is CN1CCN(Cc2ccco2)C(CCC(=O)O)C1=O. The lowest BCUT2D eigenvalue weighted by atomic mass is 10.1. The summed E-state index contributed by atoms with van der Waals surface area (Å²) in [6.45, 7) is 1.92. The van der Waals surface area contributed by atoms with Crippen molar-refractivity contribution in [1.29, 1.82) is 0 Å². The molecule has 1 saturated heterocycles. The van der Waals surface area contributed by atoms with Crippen molar-refractivity contribution in [2.45, 2.75) is 25.4 Å². The molecule has 19 heavy (non-hydrogen) atoms. The van der Waals surface area contributed by atoms with E-state index in [1.165, 1.54) is 0 Å². The normalized spacial score (nSPS) is 20.8. The molecule has 1 aromatic rings. The second kappa shape index (κ2) is 5.88. The van der Waals surface area contributed by atoms with Crippen LogP contribution < -0.4 is 0 Å². The second-order valence-electron chi connectivity index (χ2n) is 4.76. The highest BCUT2D eigenvalue weighted by Gasteiger charge is 2.33. The zero-order chi connectivity index (χ0) is 13.8. The van der Waals surface area contributed by atoms with Gasteiger partial charge in [0.2, 0.25) is 5.91 Å². The van der Waals surface area contributed by atoms with Gasteiger partial charge in [0.05, 0.1) is 18.8 Å². The Labute approximate surface area is 111 Å². The molecular weight excluding hydrogens is 248 g/mol. The first-order chi connectivity index (χ1) is 9.08. The van der Waals surface area contributed by atoms with Crippen LogP contribution in [0.3, 0.4) is 0 Å². The highest BCUT2D eigenvalue weighted by Crippen LogP contribution is 2.18. The fourth-order valence-electron chi connectivity index (χ4n) is 2.31. The highest BCUT2D eigenvalue weighted by atomic mass is 16.4. The Balaban J connectivity index is 2.05. The first-order valence-corrected chi connectivity index (χ1v) is 6.31. The van der Waals surface area contributed by atoms with Gasteiger partial charge in [-0.05, 0) is 18.6 Å². The maximum Gasteiger partial charge on any atom is 0.303 e. The van der Waals surface area contributed by atoms with E-state index >= 15 is 0 Å². The minimum absolute atomic E-state index is 0.00109. The lowest BCUT2D eigenvalue weighted by Crippen LogP contribution is -2.55. The molecule has 1 fully saturated rings. The van der Waals surface area contributed by atoms with E-state index in [9.17, 15) is 9.59 Å². The minimum atomic E-state index is -0.876. The summed E-state index contributed by atoms with van der Waals surface area (Å²) in [5.74, 6) is -0.101. The van der Waals surface area contributed by atoms with Gasteiger partial charge >= 0.3 is 5.97 Å². The van der Waals surface area contributed by atoms with Crippen LogP contribution in [0.2, 0.25) is 0 Å². The molecule has 1 atom stereocenters. The van der Waals surface area contributed by atoms with Gasteiger partial charge in [0.15, 0.2) is 0 Å². The van der Waals surface area contributed by atoms with Crippen molar-refractivity contribution in [3.05, 3.63) is 24.2 Å². The van der Waals surface area contributed by atoms with Crippen LogP contribution in [0.15, 0.2) is 22.8 Å². The summed E-state index contributed by atoms with van der Waals surface area (Å²) in [6.07, 6.45) is 1.93. The second-order valence-corrected chi connectivity index (χ2v) is 4.76. The van der Waals surface area contributed by atoms with Crippen LogP contribution in [-0.4, -0.2) is 53.0 Å². The maximum absolute atomic E-state index is 12.1. The molecule has 2 rings (SSSR count). The van der Waals surface area contributed by atoms with Crippen LogP contribution in [-0.2, 0) is 16.1 Å². The van der Waals surface area contributed by atoms with Crippen LogP contribution in [0.25, 0.3) is 0 Å². The van der Waals surface area contributed by atoms with E-state index in [1.807, 2.05) is 11.0 Å². The van der Waals surface area contributed by atoms with E-state index in [2.05, 4.69) is 0 Å². The van der Waals surface area contributed by atoms with Crippen molar-refractivity contribution in [2.24, 2.45) is 0 Å². The average Bonchev–Trinajstić information content (AvgIpc) is 2.86. The summed E-state index contributed by atoms with van der Waals surface area (Å²) in [6, 6.07) is 3.29. The van der Waals surface area contributed by atoms with Gasteiger partial charge in [-0.25, -0.2) is 0 Å². The quantitative estimate of drug-likeness (QED) is 0.852. The van der Waals surface area contributed by atoms with Gasteiger partial charge in [0.25, 0.3) is 0 Å². The number of piperazine rings is 1. The van der Waals surface area contributed by atoms with Gasteiger partial charge < -0.3 is 14.4 Å². The van der Waals surface area contributed by atoms with Gasteiger partial charge in [0.1, 0.15) is 5.76 Å². The molecule has 1 aliphatic heterocycles. The number of likely N-dealkylation sites (N-methyl/N-ethyl adjacent to an activating group) is 1. The molecule has 2 heterocycles. The molecule has 1 unspecified atom stereocenters. The molecule has 1 aliphatic rings. The molecule has 0 aliphatic carbocycles. The molecule has 1 N–H and O–H groups in total. The third-order valence-corrected chi connectivity index (χ3v) is 3.40. The monoisotopic (exact) mass is 266 g/mol. The van der Waals surface area contributed by atoms with Crippen LogP contribution in [0.1, 0.15) is 18.6 Å². The Kier molecular flexibility index (Phi) is 4.21. The Morgan fingerprint density at radius 3 is 2.95 bits per heavy atom. The standard InChI is InChI=1S/C13H18N2O4/c1-14-6-7-15(9-10-3-2-8-19-10)11(13(14)18)4-5-12(16)17/h2-3,8,11H,4-7,9H2,1H3,(H,16,17). The molecular formula is C13H18N2O4. The molecule has 1 amide bonds. The summed E-state index contributed by atoms with van der Waals surface area (Å²) in [4.78, 5) is 26.5. The topological polar surface area (TPSA) is 74.0 Å². The molecule has 0 spiro atoms. The van der Waals surface area contributed by atoms with E-state index in [-0.39, 0.29) is 18.4 Å². The molecule has 0 saturated carbocycles. The number of rotatable bonds is 5. The molecule has 1 aromatic heterocycles. The van der Waals surface area contributed by atoms with E-state index in [4.69, 9.17) is 9.52 Å². The Hall–Kier alpha value is -1.82. The van der Waals surface area contributed by atoms with E-state index in [1.54, 1.807) is 24.3 Å². The number of nitrogens with zero attached hydrogens (tertiary/aromatic N) is 2. The number of amides is 1. The summed E-state index contributed by atoms with van der Waals surface area (Å²) in [7, 11) is 1.75. The number of furan rings is 1. The number of carboxylic acids is 1.